The zero-order chi connectivity index (χ0) is 26.1. The molecule has 0 fully saturated rings. The lowest BCUT2D eigenvalue weighted by molar-refractivity contribution is -0.136. The molecule has 36 heavy (non-hydrogen) atoms. The van der Waals surface area contributed by atoms with Gasteiger partial charge in [0.05, 0.1) is 18.1 Å². The summed E-state index contributed by atoms with van der Waals surface area (Å²) in [5.74, 6) is 0.698. The summed E-state index contributed by atoms with van der Waals surface area (Å²) < 4.78 is 35.0. The van der Waals surface area contributed by atoms with E-state index >= 15 is 0 Å². The molecule has 192 valence electrons. The first-order valence-corrected chi connectivity index (χ1v) is 13.8. The van der Waals surface area contributed by atoms with Crippen molar-refractivity contribution in [3.63, 3.8) is 0 Å². The quantitative estimate of drug-likeness (QED) is 0.316. The fraction of sp³-hybridized carbons (Fsp3) is 0.357. The lowest BCUT2D eigenvalue weighted by Crippen LogP contribution is -2.12. The van der Waals surface area contributed by atoms with Crippen molar-refractivity contribution in [3.05, 3.63) is 76.9 Å². The molecule has 0 amide bonds. The van der Waals surface area contributed by atoms with Gasteiger partial charge in [0, 0.05) is 23.8 Å². The van der Waals surface area contributed by atoms with Crippen LogP contribution in [0, 0.1) is 13.8 Å². The molecular formula is C28H33NO6S. The SMILES string of the molecule is CCS(=O)(=O)CCCOc1cc(C)c(-c2cccc(OCc3ccc(CCC(=O)O)cc3)n2)c(C)c1. The van der Waals surface area contributed by atoms with Gasteiger partial charge in [-0.2, -0.15) is 0 Å². The summed E-state index contributed by atoms with van der Waals surface area (Å²) >= 11 is 0. The van der Waals surface area contributed by atoms with Crippen LogP contribution in [0.5, 0.6) is 11.6 Å². The zero-order valence-electron chi connectivity index (χ0n) is 21.0. The standard InChI is InChI=1S/C28H33NO6S/c1-4-36(32,33)16-6-15-34-24-17-20(2)28(21(3)18-24)25-7-5-8-26(29-25)35-19-23-11-9-22(10-12-23)13-14-27(30)31/h5,7-12,17-18H,4,6,13-16,19H2,1-3H3,(H,30,31). The largest absolute Gasteiger partial charge is 0.494 e. The van der Waals surface area contributed by atoms with Crippen LogP contribution in [-0.2, 0) is 27.7 Å². The molecule has 3 rings (SSSR count). The second-order valence-electron chi connectivity index (χ2n) is 8.73. The van der Waals surface area contributed by atoms with Crippen LogP contribution < -0.4 is 9.47 Å². The number of pyridine rings is 1. The Morgan fingerprint density at radius 2 is 1.64 bits per heavy atom. The Balaban J connectivity index is 1.63. The van der Waals surface area contributed by atoms with Crippen molar-refractivity contribution in [1.82, 2.24) is 4.98 Å². The molecule has 0 aliphatic heterocycles. The third-order valence-corrected chi connectivity index (χ3v) is 7.62. The summed E-state index contributed by atoms with van der Waals surface area (Å²) in [6.45, 7) is 6.35. The zero-order valence-corrected chi connectivity index (χ0v) is 21.8. The number of rotatable bonds is 13. The van der Waals surface area contributed by atoms with E-state index in [2.05, 4.69) is 0 Å². The Hall–Kier alpha value is -3.39. The van der Waals surface area contributed by atoms with Crippen molar-refractivity contribution in [3.8, 4) is 22.9 Å². The number of aromatic nitrogens is 1. The Bertz CT molecular complexity index is 1260. The van der Waals surface area contributed by atoms with Gasteiger partial charge < -0.3 is 14.6 Å². The Labute approximate surface area is 213 Å². The normalized spacial score (nSPS) is 11.3. The molecule has 0 unspecified atom stereocenters. The first-order valence-electron chi connectivity index (χ1n) is 12.0. The lowest BCUT2D eigenvalue weighted by atomic mass is 9.99. The fourth-order valence-electron chi connectivity index (χ4n) is 3.87. The van der Waals surface area contributed by atoms with E-state index in [1.165, 1.54) is 0 Å². The molecular weight excluding hydrogens is 478 g/mol. The molecule has 1 aromatic heterocycles. The minimum atomic E-state index is -2.99. The molecule has 8 heteroatoms. The maximum Gasteiger partial charge on any atom is 0.303 e. The van der Waals surface area contributed by atoms with Crippen molar-refractivity contribution < 1.29 is 27.8 Å². The Morgan fingerprint density at radius 3 is 2.28 bits per heavy atom. The number of carboxylic acids is 1. The maximum absolute atomic E-state index is 11.6. The van der Waals surface area contributed by atoms with E-state index < -0.39 is 15.8 Å². The van der Waals surface area contributed by atoms with Crippen LogP contribution in [0.15, 0.2) is 54.6 Å². The first kappa shape index (κ1) is 27.2. The summed E-state index contributed by atoms with van der Waals surface area (Å²) in [4.78, 5) is 15.4. The third-order valence-electron chi connectivity index (χ3n) is 5.83. The molecule has 0 saturated heterocycles. The molecule has 0 aliphatic carbocycles. The number of aryl methyl sites for hydroxylation is 3. The van der Waals surface area contributed by atoms with Gasteiger partial charge in [-0.1, -0.05) is 37.3 Å². The average Bonchev–Trinajstić information content (AvgIpc) is 2.84. The molecule has 0 radical (unpaired) electrons. The van der Waals surface area contributed by atoms with Gasteiger partial charge >= 0.3 is 5.97 Å². The van der Waals surface area contributed by atoms with Gasteiger partial charge in [0.1, 0.15) is 22.2 Å². The number of hydrogen-bond acceptors (Lipinski definition) is 6. The van der Waals surface area contributed by atoms with Crippen LogP contribution in [0.1, 0.15) is 42.0 Å². The minimum Gasteiger partial charge on any atom is -0.494 e. The Kier molecular flexibility index (Phi) is 9.47. The topological polar surface area (TPSA) is 103 Å². The highest BCUT2D eigenvalue weighted by Gasteiger charge is 2.12. The Morgan fingerprint density at radius 1 is 0.972 bits per heavy atom. The van der Waals surface area contributed by atoms with E-state index in [1.807, 2.05) is 68.4 Å². The molecule has 0 atom stereocenters. The van der Waals surface area contributed by atoms with E-state index in [0.29, 0.717) is 37.7 Å². The van der Waals surface area contributed by atoms with Crippen molar-refractivity contribution >= 4 is 15.8 Å². The second kappa shape index (κ2) is 12.5. The summed E-state index contributed by atoms with van der Waals surface area (Å²) in [6.07, 6.45) is 1.08. The number of carbonyl (C=O) groups is 1. The van der Waals surface area contributed by atoms with Crippen LogP contribution in [0.4, 0.5) is 0 Å². The van der Waals surface area contributed by atoms with E-state index in [4.69, 9.17) is 19.6 Å². The van der Waals surface area contributed by atoms with Crippen molar-refractivity contribution in [2.75, 3.05) is 18.1 Å². The molecule has 1 N–H and O–H groups in total. The summed E-state index contributed by atoms with van der Waals surface area (Å²) in [5, 5.41) is 8.82. The number of hydrogen-bond donors (Lipinski definition) is 1. The molecule has 3 aromatic rings. The molecule has 0 saturated carbocycles. The summed E-state index contributed by atoms with van der Waals surface area (Å²) in [5.41, 5.74) is 5.77. The number of nitrogens with zero attached hydrogens (tertiary/aromatic N) is 1. The fourth-order valence-corrected chi connectivity index (χ4v) is 4.72. The molecule has 0 aliphatic rings. The van der Waals surface area contributed by atoms with E-state index in [0.717, 1.165) is 33.5 Å². The number of aliphatic carboxylic acids is 1. The first-order chi connectivity index (χ1) is 17.2. The van der Waals surface area contributed by atoms with Crippen LogP contribution in [-0.4, -0.2) is 42.6 Å². The smallest absolute Gasteiger partial charge is 0.303 e. The van der Waals surface area contributed by atoms with Gasteiger partial charge in [-0.25, -0.2) is 13.4 Å². The van der Waals surface area contributed by atoms with Crippen LogP contribution >= 0.6 is 0 Å². The van der Waals surface area contributed by atoms with Crippen LogP contribution in [0.3, 0.4) is 0 Å². The monoisotopic (exact) mass is 511 g/mol. The maximum atomic E-state index is 11.6. The highest BCUT2D eigenvalue weighted by Crippen LogP contribution is 2.31. The summed E-state index contributed by atoms with van der Waals surface area (Å²) in [6, 6.07) is 17.3. The van der Waals surface area contributed by atoms with Crippen LogP contribution in [0.2, 0.25) is 0 Å². The van der Waals surface area contributed by atoms with Gasteiger partial charge in [-0.05, 0) is 67.1 Å². The summed E-state index contributed by atoms with van der Waals surface area (Å²) in [7, 11) is -2.99. The number of sulfone groups is 1. The highest BCUT2D eigenvalue weighted by molar-refractivity contribution is 7.91. The molecule has 2 aromatic carbocycles. The second-order valence-corrected chi connectivity index (χ2v) is 11.2. The van der Waals surface area contributed by atoms with E-state index in [1.54, 1.807) is 6.92 Å². The predicted octanol–water partition coefficient (Wildman–Crippen LogP) is 5.17. The van der Waals surface area contributed by atoms with E-state index in [9.17, 15) is 13.2 Å². The van der Waals surface area contributed by atoms with Gasteiger partial charge in [-0.3, -0.25) is 4.79 Å². The highest BCUT2D eigenvalue weighted by atomic mass is 32.2. The van der Waals surface area contributed by atoms with Gasteiger partial charge in [0.15, 0.2) is 0 Å². The number of ether oxygens (including phenoxy) is 2. The minimum absolute atomic E-state index is 0.113. The van der Waals surface area contributed by atoms with Gasteiger partial charge in [0.25, 0.3) is 0 Å². The van der Waals surface area contributed by atoms with Crippen molar-refractivity contribution in [2.45, 2.75) is 46.6 Å². The number of carboxylic acid groups (broad SMARTS) is 1. The molecule has 0 spiro atoms. The number of benzene rings is 2. The van der Waals surface area contributed by atoms with Gasteiger partial charge in [-0.15, -0.1) is 0 Å². The van der Waals surface area contributed by atoms with Crippen molar-refractivity contribution in [1.29, 1.82) is 0 Å². The van der Waals surface area contributed by atoms with Crippen LogP contribution in [0.25, 0.3) is 11.3 Å². The molecule has 0 bridgehead atoms. The predicted molar refractivity (Wildman–Crippen MR) is 140 cm³/mol. The van der Waals surface area contributed by atoms with Gasteiger partial charge in [0.2, 0.25) is 5.88 Å². The third kappa shape index (κ3) is 8.09. The molecule has 7 nitrogen and oxygen atoms in total. The average molecular weight is 512 g/mol. The van der Waals surface area contributed by atoms with Crippen molar-refractivity contribution in [2.24, 2.45) is 0 Å². The lowest BCUT2D eigenvalue weighted by Gasteiger charge is -2.14. The van der Waals surface area contributed by atoms with E-state index in [-0.39, 0.29) is 17.9 Å². The molecule has 1 heterocycles.